The molecule has 1 aliphatic carbocycles. The van der Waals surface area contributed by atoms with Gasteiger partial charge in [-0.2, -0.15) is 0 Å². The van der Waals surface area contributed by atoms with Crippen molar-refractivity contribution in [3.8, 4) is 0 Å². The Labute approximate surface area is 94.3 Å². The fourth-order valence-corrected chi connectivity index (χ4v) is 2.60. The summed E-state index contributed by atoms with van der Waals surface area (Å²) in [4.78, 5) is 0. The van der Waals surface area contributed by atoms with Crippen LogP contribution in [0.2, 0.25) is 0 Å². The summed E-state index contributed by atoms with van der Waals surface area (Å²) in [6.45, 7) is 7.01. The number of hydrogen-bond acceptors (Lipinski definition) is 2. The lowest BCUT2D eigenvalue weighted by atomic mass is 9.79. The van der Waals surface area contributed by atoms with Gasteiger partial charge in [-0.3, -0.25) is 5.84 Å². The molecule has 3 N–H and O–H groups in total. The second-order valence-corrected chi connectivity index (χ2v) is 5.26. The predicted molar refractivity (Wildman–Crippen MR) is 66.0 cm³/mol. The average Bonchev–Trinajstić information content (AvgIpc) is 2.17. The van der Waals surface area contributed by atoms with Gasteiger partial charge in [-0.05, 0) is 37.0 Å². The van der Waals surface area contributed by atoms with Crippen LogP contribution in [0.5, 0.6) is 0 Å². The molecule has 0 heterocycles. The molecule has 2 heteroatoms. The van der Waals surface area contributed by atoms with Crippen LogP contribution in [0.15, 0.2) is 11.8 Å². The molecule has 1 rings (SSSR count). The number of hydrazine groups is 1. The monoisotopic (exact) mass is 210 g/mol. The van der Waals surface area contributed by atoms with Gasteiger partial charge in [0.15, 0.2) is 0 Å². The summed E-state index contributed by atoms with van der Waals surface area (Å²) in [5, 5.41) is 0. The maximum absolute atomic E-state index is 5.38. The maximum Gasteiger partial charge on any atom is 0.0117 e. The highest BCUT2D eigenvalue weighted by atomic mass is 15.2. The minimum absolute atomic E-state index is 0.703. The lowest BCUT2D eigenvalue weighted by molar-refractivity contribution is 0.300. The number of nitrogens with two attached hydrogens (primary N) is 1. The maximum atomic E-state index is 5.38. The summed E-state index contributed by atoms with van der Waals surface area (Å²) in [5.41, 5.74) is 4.20. The van der Waals surface area contributed by atoms with E-state index in [1.165, 1.54) is 37.7 Å². The zero-order valence-corrected chi connectivity index (χ0v) is 10.4. The van der Waals surface area contributed by atoms with Gasteiger partial charge in [0.1, 0.15) is 0 Å². The van der Waals surface area contributed by atoms with Gasteiger partial charge in [0.2, 0.25) is 0 Å². The first-order valence-corrected chi connectivity index (χ1v) is 6.30. The zero-order valence-electron chi connectivity index (χ0n) is 10.4. The van der Waals surface area contributed by atoms with Gasteiger partial charge in [0, 0.05) is 6.20 Å². The Bertz CT molecular complexity index is 209. The lowest BCUT2D eigenvalue weighted by Crippen LogP contribution is -2.19. The standard InChI is InChI=1S/C13H26N2/c1-10(2)12-6-4-5-11(3)13(8-7-12)9-15-14/h9-12,15H,4-8,14H2,1-3H3/b13-9-. The molecule has 0 saturated heterocycles. The van der Waals surface area contributed by atoms with E-state index in [0.29, 0.717) is 5.92 Å². The van der Waals surface area contributed by atoms with Crippen LogP contribution in [0.25, 0.3) is 0 Å². The fourth-order valence-electron chi connectivity index (χ4n) is 2.60. The van der Waals surface area contributed by atoms with Gasteiger partial charge in [-0.15, -0.1) is 0 Å². The van der Waals surface area contributed by atoms with Crippen LogP contribution in [0.1, 0.15) is 52.9 Å². The highest BCUT2D eigenvalue weighted by molar-refractivity contribution is 5.05. The molecule has 2 nitrogen and oxygen atoms in total. The summed E-state index contributed by atoms with van der Waals surface area (Å²) >= 11 is 0. The highest BCUT2D eigenvalue weighted by Crippen LogP contribution is 2.32. The first-order valence-electron chi connectivity index (χ1n) is 6.30. The largest absolute Gasteiger partial charge is 0.331 e. The summed E-state index contributed by atoms with van der Waals surface area (Å²) in [5.74, 6) is 7.81. The topological polar surface area (TPSA) is 38.0 Å². The molecule has 88 valence electrons. The van der Waals surface area contributed by atoms with E-state index in [0.717, 1.165) is 11.8 Å². The zero-order chi connectivity index (χ0) is 11.3. The van der Waals surface area contributed by atoms with Gasteiger partial charge in [0.25, 0.3) is 0 Å². The Morgan fingerprint density at radius 3 is 2.67 bits per heavy atom. The third kappa shape index (κ3) is 3.86. The molecule has 2 unspecified atom stereocenters. The molecule has 1 fully saturated rings. The number of nitrogens with one attached hydrogen (secondary N) is 1. The second-order valence-electron chi connectivity index (χ2n) is 5.26. The van der Waals surface area contributed by atoms with Gasteiger partial charge in [-0.1, -0.05) is 39.2 Å². The van der Waals surface area contributed by atoms with Crippen LogP contribution < -0.4 is 11.3 Å². The van der Waals surface area contributed by atoms with E-state index in [1.54, 1.807) is 0 Å². The van der Waals surface area contributed by atoms with E-state index in [1.807, 2.05) is 6.20 Å². The normalized spacial score (nSPS) is 31.4. The van der Waals surface area contributed by atoms with Crippen molar-refractivity contribution in [3.63, 3.8) is 0 Å². The van der Waals surface area contributed by atoms with E-state index >= 15 is 0 Å². The smallest absolute Gasteiger partial charge is 0.0117 e. The Hall–Kier alpha value is -0.500. The van der Waals surface area contributed by atoms with Gasteiger partial charge < -0.3 is 5.43 Å². The molecule has 1 saturated carbocycles. The SMILES string of the molecule is CC1CCCC(C(C)C)CC/C1=C/NN. The van der Waals surface area contributed by atoms with Crippen molar-refractivity contribution in [1.82, 2.24) is 5.43 Å². The van der Waals surface area contributed by atoms with E-state index in [-0.39, 0.29) is 0 Å². The van der Waals surface area contributed by atoms with Crippen molar-refractivity contribution in [2.45, 2.75) is 52.9 Å². The van der Waals surface area contributed by atoms with Crippen molar-refractivity contribution in [1.29, 1.82) is 0 Å². The fraction of sp³-hybridized carbons (Fsp3) is 0.846. The number of rotatable bonds is 2. The van der Waals surface area contributed by atoms with Crippen LogP contribution >= 0.6 is 0 Å². The van der Waals surface area contributed by atoms with Crippen LogP contribution in [0.4, 0.5) is 0 Å². The summed E-state index contributed by atoms with van der Waals surface area (Å²) < 4.78 is 0. The Morgan fingerprint density at radius 1 is 1.33 bits per heavy atom. The predicted octanol–water partition coefficient (Wildman–Crippen LogP) is 3.21. The molecule has 0 spiro atoms. The van der Waals surface area contributed by atoms with Crippen molar-refractivity contribution in [3.05, 3.63) is 11.8 Å². The molecule has 2 atom stereocenters. The molecule has 0 aromatic carbocycles. The molecule has 0 aliphatic heterocycles. The van der Waals surface area contributed by atoms with Gasteiger partial charge >= 0.3 is 0 Å². The van der Waals surface area contributed by atoms with E-state index < -0.39 is 0 Å². The Kier molecular flexibility index (Phi) is 5.16. The first-order chi connectivity index (χ1) is 7.15. The van der Waals surface area contributed by atoms with Crippen LogP contribution in [0.3, 0.4) is 0 Å². The van der Waals surface area contributed by atoms with E-state index in [4.69, 9.17) is 5.84 Å². The summed E-state index contributed by atoms with van der Waals surface area (Å²) in [6.07, 6.45) is 8.64. The molecule has 0 aromatic heterocycles. The minimum atomic E-state index is 0.703. The van der Waals surface area contributed by atoms with Crippen LogP contribution in [0, 0.1) is 17.8 Å². The van der Waals surface area contributed by atoms with Gasteiger partial charge in [-0.25, -0.2) is 0 Å². The third-order valence-electron chi connectivity index (χ3n) is 3.86. The molecule has 0 bridgehead atoms. The number of allylic oxidation sites excluding steroid dienone is 1. The number of hydrogen-bond donors (Lipinski definition) is 2. The van der Waals surface area contributed by atoms with Crippen molar-refractivity contribution >= 4 is 0 Å². The van der Waals surface area contributed by atoms with Crippen molar-refractivity contribution in [2.75, 3.05) is 0 Å². The molecule has 0 radical (unpaired) electrons. The lowest BCUT2D eigenvalue weighted by Gasteiger charge is -2.27. The van der Waals surface area contributed by atoms with Crippen LogP contribution in [-0.4, -0.2) is 0 Å². The molecular weight excluding hydrogens is 184 g/mol. The summed E-state index contributed by atoms with van der Waals surface area (Å²) in [6, 6.07) is 0. The molecule has 0 aromatic rings. The second kappa shape index (κ2) is 6.16. The molecule has 15 heavy (non-hydrogen) atoms. The Morgan fingerprint density at radius 2 is 2.07 bits per heavy atom. The van der Waals surface area contributed by atoms with Gasteiger partial charge in [0.05, 0.1) is 0 Å². The average molecular weight is 210 g/mol. The quantitative estimate of drug-likeness (QED) is 0.542. The first kappa shape index (κ1) is 12.6. The van der Waals surface area contributed by atoms with E-state index in [2.05, 4.69) is 26.2 Å². The molecular formula is C13H26N2. The third-order valence-corrected chi connectivity index (χ3v) is 3.86. The van der Waals surface area contributed by atoms with Crippen molar-refractivity contribution < 1.29 is 0 Å². The molecule has 0 amide bonds. The molecule has 1 aliphatic rings. The summed E-state index contributed by atoms with van der Waals surface area (Å²) in [7, 11) is 0. The van der Waals surface area contributed by atoms with Crippen molar-refractivity contribution in [2.24, 2.45) is 23.6 Å². The van der Waals surface area contributed by atoms with E-state index in [9.17, 15) is 0 Å². The minimum Gasteiger partial charge on any atom is -0.331 e. The highest BCUT2D eigenvalue weighted by Gasteiger charge is 2.19. The van der Waals surface area contributed by atoms with Crippen LogP contribution in [-0.2, 0) is 0 Å². The Balaban J connectivity index is 2.58.